The van der Waals surface area contributed by atoms with E-state index in [9.17, 15) is 4.39 Å². The minimum Gasteiger partial charge on any atom is -0.494 e. The molecule has 3 nitrogen and oxygen atoms in total. The van der Waals surface area contributed by atoms with Crippen LogP contribution in [0.2, 0.25) is 0 Å². The first kappa shape index (κ1) is 25.1. The van der Waals surface area contributed by atoms with Crippen molar-refractivity contribution in [2.45, 2.75) is 88.9 Å². The Balaban J connectivity index is 1.31. The summed E-state index contributed by atoms with van der Waals surface area (Å²) < 4.78 is 61.0. The van der Waals surface area contributed by atoms with Gasteiger partial charge in [0.05, 0.1) is 25.4 Å². The molecule has 34 heavy (non-hydrogen) atoms. The van der Waals surface area contributed by atoms with Gasteiger partial charge < -0.3 is 14.2 Å². The van der Waals surface area contributed by atoms with Crippen molar-refractivity contribution in [2.24, 2.45) is 0 Å². The van der Waals surface area contributed by atoms with E-state index in [1.165, 1.54) is 6.07 Å². The predicted molar refractivity (Wildman–Crippen MR) is 126 cm³/mol. The first-order chi connectivity index (χ1) is 16.5. The first-order valence-electron chi connectivity index (χ1n) is 12.5. The van der Waals surface area contributed by atoms with Gasteiger partial charge in [0.1, 0.15) is 11.6 Å². The quantitative estimate of drug-likeness (QED) is 0.397. The molecule has 2 saturated carbocycles. The van der Waals surface area contributed by atoms with Crippen molar-refractivity contribution in [1.82, 2.24) is 0 Å². The maximum absolute atomic E-state index is 15.1. The molecular weight excluding hydrogens is 441 g/mol. The molecule has 2 aliphatic rings. The fourth-order valence-electron chi connectivity index (χ4n) is 5.47. The molecule has 0 heterocycles. The van der Waals surface area contributed by atoms with Gasteiger partial charge in [-0.3, -0.25) is 0 Å². The van der Waals surface area contributed by atoms with Gasteiger partial charge in [0.25, 0.3) is 0 Å². The van der Waals surface area contributed by atoms with E-state index in [-0.39, 0.29) is 36.5 Å². The third-order valence-electron chi connectivity index (χ3n) is 7.51. The summed E-state index contributed by atoms with van der Waals surface area (Å²) >= 11 is 0. The lowest BCUT2D eigenvalue weighted by atomic mass is 9.79. The van der Waals surface area contributed by atoms with Crippen LogP contribution in [0, 0.1) is 17.5 Å². The van der Waals surface area contributed by atoms with Crippen LogP contribution in [0.4, 0.5) is 13.2 Å². The zero-order chi connectivity index (χ0) is 24.1. The van der Waals surface area contributed by atoms with Crippen molar-refractivity contribution in [3.63, 3.8) is 0 Å². The van der Waals surface area contributed by atoms with Crippen LogP contribution in [0.15, 0.2) is 30.3 Å². The minimum atomic E-state index is -0.688. The summed E-state index contributed by atoms with van der Waals surface area (Å²) in [7, 11) is 1.71. The van der Waals surface area contributed by atoms with Gasteiger partial charge in [0.15, 0.2) is 11.6 Å². The summed E-state index contributed by atoms with van der Waals surface area (Å²) in [6.45, 7) is 2.53. The molecule has 2 fully saturated rings. The lowest BCUT2D eigenvalue weighted by molar-refractivity contribution is 0.0118. The van der Waals surface area contributed by atoms with Crippen molar-refractivity contribution in [3.8, 4) is 5.75 Å². The molecule has 0 saturated heterocycles. The number of hydrogen-bond donors (Lipinski definition) is 0. The second kappa shape index (κ2) is 11.6. The lowest BCUT2D eigenvalue weighted by Gasteiger charge is -2.30. The van der Waals surface area contributed by atoms with Gasteiger partial charge in [-0.15, -0.1) is 0 Å². The van der Waals surface area contributed by atoms with E-state index in [4.69, 9.17) is 14.2 Å². The summed E-state index contributed by atoms with van der Waals surface area (Å²) in [5, 5.41) is 0. The minimum absolute atomic E-state index is 0.00892. The van der Waals surface area contributed by atoms with Crippen LogP contribution in [-0.2, 0) is 16.1 Å². The van der Waals surface area contributed by atoms with Crippen LogP contribution in [0.1, 0.15) is 86.8 Å². The number of methoxy groups -OCH3 is 1. The second-order valence-corrected chi connectivity index (χ2v) is 9.55. The molecule has 2 aliphatic carbocycles. The average molecular weight is 477 g/mol. The molecular formula is C28H35F3O3. The van der Waals surface area contributed by atoms with Crippen molar-refractivity contribution < 1.29 is 27.4 Å². The third-order valence-corrected chi connectivity index (χ3v) is 7.51. The molecule has 6 heteroatoms. The van der Waals surface area contributed by atoms with Crippen molar-refractivity contribution in [1.29, 1.82) is 0 Å². The van der Waals surface area contributed by atoms with Gasteiger partial charge in [-0.25, -0.2) is 13.2 Å². The largest absolute Gasteiger partial charge is 0.494 e. The van der Waals surface area contributed by atoms with Gasteiger partial charge in [-0.2, -0.15) is 0 Å². The zero-order valence-corrected chi connectivity index (χ0v) is 20.1. The van der Waals surface area contributed by atoms with Crippen molar-refractivity contribution in [3.05, 3.63) is 64.5 Å². The summed E-state index contributed by atoms with van der Waals surface area (Å²) in [5.41, 5.74) is 1.47. The highest BCUT2D eigenvalue weighted by Gasteiger charge is 2.30. The maximum Gasteiger partial charge on any atom is 0.162 e. The highest BCUT2D eigenvalue weighted by Crippen LogP contribution is 2.40. The van der Waals surface area contributed by atoms with Crippen LogP contribution < -0.4 is 4.74 Å². The van der Waals surface area contributed by atoms with Crippen molar-refractivity contribution >= 4 is 0 Å². The van der Waals surface area contributed by atoms with E-state index in [2.05, 4.69) is 0 Å². The fourth-order valence-corrected chi connectivity index (χ4v) is 5.47. The molecule has 0 unspecified atom stereocenters. The molecule has 0 aromatic heterocycles. The normalized spacial score (nSPS) is 25.3. The van der Waals surface area contributed by atoms with E-state index >= 15 is 8.78 Å². The molecule has 0 radical (unpaired) electrons. The number of rotatable bonds is 8. The van der Waals surface area contributed by atoms with E-state index in [1.54, 1.807) is 31.4 Å². The molecule has 0 bridgehead atoms. The van der Waals surface area contributed by atoms with E-state index in [0.29, 0.717) is 29.0 Å². The topological polar surface area (TPSA) is 27.7 Å². The van der Waals surface area contributed by atoms with Gasteiger partial charge in [0.2, 0.25) is 0 Å². The maximum atomic E-state index is 15.1. The third kappa shape index (κ3) is 5.77. The van der Waals surface area contributed by atoms with E-state index in [0.717, 1.165) is 51.4 Å². The van der Waals surface area contributed by atoms with Gasteiger partial charge in [-0.1, -0.05) is 18.2 Å². The fraction of sp³-hybridized carbons (Fsp3) is 0.571. The Morgan fingerprint density at radius 3 is 1.82 bits per heavy atom. The van der Waals surface area contributed by atoms with E-state index < -0.39 is 11.6 Å². The number of halogens is 3. The molecule has 0 atom stereocenters. The average Bonchev–Trinajstić information content (AvgIpc) is 2.86. The Labute approximate surface area is 200 Å². The monoisotopic (exact) mass is 476 g/mol. The van der Waals surface area contributed by atoms with Crippen LogP contribution in [-0.4, -0.2) is 25.9 Å². The van der Waals surface area contributed by atoms with Crippen LogP contribution >= 0.6 is 0 Å². The highest BCUT2D eigenvalue weighted by atomic mass is 19.2. The summed E-state index contributed by atoms with van der Waals surface area (Å²) in [6.07, 6.45) is 6.58. The number of hydrogen-bond acceptors (Lipinski definition) is 3. The van der Waals surface area contributed by atoms with Gasteiger partial charge in [-0.05, 0) is 87.3 Å². The Bertz CT molecular complexity index is 948. The molecule has 0 N–H and O–H groups in total. The zero-order valence-electron chi connectivity index (χ0n) is 20.1. The summed E-state index contributed by atoms with van der Waals surface area (Å²) in [4.78, 5) is 0. The van der Waals surface area contributed by atoms with Crippen molar-refractivity contribution in [2.75, 3.05) is 13.7 Å². The Hall–Kier alpha value is -2.05. The lowest BCUT2D eigenvalue weighted by Crippen LogP contribution is -2.22. The SMILES string of the molecule is CCOc1ccc(COC2CCC(c3ccc(C4CCC(OC)CC4)c(F)c3F)CC2)c(F)c1. The molecule has 4 rings (SSSR count). The molecule has 2 aromatic rings. The standard InChI is InChI=1S/C28H35F3O3/c1-3-33-23-13-8-20(26(29)16-23)17-34-22-11-6-19(7-12-22)25-15-14-24(27(30)28(25)31)18-4-9-21(32-2)10-5-18/h8,13-16,18-19,21-22H,3-7,9-12,17H2,1-2H3. The molecule has 2 aromatic carbocycles. The predicted octanol–water partition coefficient (Wildman–Crippen LogP) is 7.42. The summed E-state index contributed by atoms with van der Waals surface area (Å²) in [5.74, 6) is -1.16. The van der Waals surface area contributed by atoms with Crippen LogP contribution in [0.25, 0.3) is 0 Å². The Morgan fingerprint density at radius 2 is 1.32 bits per heavy atom. The molecule has 0 spiro atoms. The number of ether oxygens (including phenoxy) is 3. The smallest absolute Gasteiger partial charge is 0.162 e. The van der Waals surface area contributed by atoms with E-state index in [1.807, 2.05) is 6.92 Å². The van der Waals surface area contributed by atoms with Crippen LogP contribution in [0.5, 0.6) is 5.75 Å². The first-order valence-corrected chi connectivity index (χ1v) is 12.5. The Morgan fingerprint density at radius 1 is 0.765 bits per heavy atom. The number of benzene rings is 2. The second-order valence-electron chi connectivity index (χ2n) is 9.55. The van der Waals surface area contributed by atoms with Gasteiger partial charge >= 0.3 is 0 Å². The molecule has 186 valence electrons. The summed E-state index contributed by atoms with van der Waals surface area (Å²) in [6, 6.07) is 8.39. The molecule has 0 amide bonds. The molecule has 0 aliphatic heterocycles. The Kier molecular flexibility index (Phi) is 8.54. The van der Waals surface area contributed by atoms with Gasteiger partial charge in [0, 0.05) is 18.7 Å². The highest BCUT2D eigenvalue weighted by molar-refractivity contribution is 5.32. The van der Waals surface area contributed by atoms with Crippen LogP contribution in [0.3, 0.4) is 0 Å².